The van der Waals surface area contributed by atoms with Crippen molar-refractivity contribution >= 4 is 21.7 Å². The number of methoxy groups -OCH3 is 1. The van der Waals surface area contributed by atoms with Crippen LogP contribution in [0.4, 0.5) is 5.82 Å². The Hall–Kier alpha value is -0.720. The van der Waals surface area contributed by atoms with Crippen LogP contribution in [0.3, 0.4) is 0 Å². The first-order chi connectivity index (χ1) is 8.11. The van der Waals surface area contributed by atoms with Gasteiger partial charge in [0.05, 0.1) is 22.9 Å². The Bertz CT molecular complexity index is 414. The predicted octanol–water partition coefficient (Wildman–Crippen LogP) is 2.21. The number of nitrogens with zero attached hydrogens (tertiary/aromatic N) is 2. The number of rotatable bonds is 3. The number of hydrogen-bond acceptors (Lipinski definition) is 5. The molecule has 94 valence electrons. The van der Waals surface area contributed by atoms with Crippen molar-refractivity contribution < 1.29 is 9.47 Å². The zero-order valence-electron chi connectivity index (χ0n) is 9.94. The van der Waals surface area contributed by atoms with Crippen LogP contribution < -0.4 is 5.73 Å². The summed E-state index contributed by atoms with van der Waals surface area (Å²) < 4.78 is 11.5. The van der Waals surface area contributed by atoms with Crippen molar-refractivity contribution in [3.63, 3.8) is 0 Å². The lowest BCUT2D eigenvalue weighted by Gasteiger charge is -2.13. The molecule has 6 heteroatoms. The smallest absolute Gasteiger partial charge is 0.159 e. The minimum absolute atomic E-state index is 0.0454. The zero-order valence-corrected chi connectivity index (χ0v) is 11.5. The maximum atomic E-state index is 5.84. The third-order valence-corrected chi connectivity index (χ3v) is 3.63. The monoisotopic (exact) mass is 301 g/mol. The molecule has 0 bridgehead atoms. The van der Waals surface area contributed by atoms with Crippen LogP contribution >= 0.6 is 15.9 Å². The maximum Gasteiger partial charge on any atom is 0.159 e. The van der Waals surface area contributed by atoms with Gasteiger partial charge in [0, 0.05) is 7.11 Å². The SMILES string of the molecule is COCc1nc(C2CCC(C)O2)nc(N)c1Br. The molecule has 0 spiro atoms. The summed E-state index contributed by atoms with van der Waals surface area (Å²) in [4.78, 5) is 8.72. The van der Waals surface area contributed by atoms with Crippen LogP contribution in [0.2, 0.25) is 0 Å². The molecular formula is C11H16BrN3O2. The van der Waals surface area contributed by atoms with E-state index in [1.54, 1.807) is 7.11 Å². The molecule has 1 aromatic rings. The van der Waals surface area contributed by atoms with E-state index in [9.17, 15) is 0 Å². The van der Waals surface area contributed by atoms with Gasteiger partial charge in [-0.05, 0) is 35.7 Å². The van der Waals surface area contributed by atoms with E-state index in [1.165, 1.54) is 0 Å². The van der Waals surface area contributed by atoms with Crippen molar-refractivity contribution in [3.05, 3.63) is 16.0 Å². The molecule has 2 heterocycles. The highest BCUT2D eigenvalue weighted by Gasteiger charge is 2.26. The Kier molecular flexibility index (Phi) is 3.96. The lowest BCUT2D eigenvalue weighted by atomic mass is 10.2. The van der Waals surface area contributed by atoms with Crippen LogP contribution in [0, 0.1) is 0 Å². The zero-order chi connectivity index (χ0) is 12.4. The summed E-state index contributed by atoms with van der Waals surface area (Å²) in [5, 5.41) is 0. The van der Waals surface area contributed by atoms with Crippen LogP contribution in [0.15, 0.2) is 4.47 Å². The molecule has 1 aromatic heterocycles. The van der Waals surface area contributed by atoms with Gasteiger partial charge < -0.3 is 15.2 Å². The number of nitrogens with two attached hydrogens (primary N) is 1. The Balaban J connectivity index is 2.28. The van der Waals surface area contributed by atoms with Crippen molar-refractivity contribution in [2.24, 2.45) is 0 Å². The highest BCUT2D eigenvalue weighted by molar-refractivity contribution is 9.10. The summed E-state index contributed by atoms with van der Waals surface area (Å²) in [6.07, 6.45) is 2.19. The minimum atomic E-state index is -0.0454. The molecule has 2 unspecified atom stereocenters. The van der Waals surface area contributed by atoms with Crippen LogP contribution in [0.25, 0.3) is 0 Å². The molecule has 1 fully saturated rings. The second-order valence-corrected chi connectivity index (χ2v) is 4.97. The number of ether oxygens (including phenoxy) is 2. The number of nitrogen functional groups attached to an aromatic ring is 1. The summed E-state index contributed by atoms with van der Waals surface area (Å²) in [7, 11) is 1.62. The van der Waals surface area contributed by atoms with Gasteiger partial charge in [-0.2, -0.15) is 0 Å². The van der Waals surface area contributed by atoms with Gasteiger partial charge in [-0.15, -0.1) is 0 Å². The van der Waals surface area contributed by atoms with Crippen LogP contribution in [-0.4, -0.2) is 23.2 Å². The van der Waals surface area contributed by atoms with Crippen LogP contribution in [0.1, 0.15) is 37.4 Å². The van der Waals surface area contributed by atoms with E-state index in [2.05, 4.69) is 32.8 Å². The summed E-state index contributed by atoms with van der Waals surface area (Å²) in [6, 6.07) is 0. The van der Waals surface area contributed by atoms with Gasteiger partial charge >= 0.3 is 0 Å². The summed E-state index contributed by atoms with van der Waals surface area (Å²) in [6.45, 7) is 2.46. The van der Waals surface area contributed by atoms with Crippen molar-refractivity contribution in [3.8, 4) is 0 Å². The molecule has 2 atom stereocenters. The van der Waals surface area contributed by atoms with Crippen molar-refractivity contribution in [1.29, 1.82) is 0 Å². The molecule has 0 amide bonds. The predicted molar refractivity (Wildman–Crippen MR) is 67.4 cm³/mol. The number of hydrogen-bond donors (Lipinski definition) is 1. The Morgan fingerprint density at radius 3 is 2.82 bits per heavy atom. The third-order valence-electron chi connectivity index (χ3n) is 2.76. The summed E-state index contributed by atoms with van der Waals surface area (Å²) in [5.74, 6) is 1.09. The molecule has 1 aliphatic rings. The molecule has 0 aliphatic carbocycles. The molecule has 2 rings (SSSR count). The largest absolute Gasteiger partial charge is 0.383 e. The Morgan fingerprint density at radius 1 is 1.47 bits per heavy atom. The number of halogens is 1. The van der Waals surface area contributed by atoms with E-state index in [0.29, 0.717) is 22.7 Å². The second-order valence-electron chi connectivity index (χ2n) is 4.17. The third kappa shape index (κ3) is 2.75. The first kappa shape index (κ1) is 12.7. The van der Waals surface area contributed by atoms with Crippen molar-refractivity contribution in [1.82, 2.24) is 9.97 Å². The molecule has 0 saturated carbocycles. The quantitative estimate of drug-likeness (QED) is 0.927. The fraction of sp³-hybridized carbons (Fsp3) is 0.636. The maximum absolute atomic E-state index is 5.84. The van der Waals surface area contributed by atoms with Crippen molar-refractivity contribution in [2.45, 2.75) is 38.6 Å². The molecule has 5 nitrogen and oxygen atoms in total. The van der Waals surface area contributed by atoms with Gasteiger partial charge in [0.15, 0.2) is 5.82 Å². The number of anilines is 1. The van der Waals surface area contributed by atoms with Gasteiger partial charge in [-0.25, -0.2) is 9.97 Å². The fourth-order valence-corrected chi connectivity index (χ4v) is 2.19. The first-order valence-corrected chi connectivity index (χ1v) is 6.37. The van der Waals surface area contributed by atoms with Crippen LogP contribution in [0.5, 0.6) is 0 Å². The molecule has 2 N–H and O–H groups in total. The van der Waals surface area contributed by atoms with Gasteiger partial charge in [0.2, 0.25) is 0 Å². The first-order valence-electron chi connectivity index (χ1n) is 5.58. The molecule has 17 heavy (non-hydrogen) atoms. The Labute approximate surface area is 109 Å². The van der Waals surface area contributed by atoms with Crippen molar-refractivity contribution in [2.75, 3.05) is 12.8 Å². The minimum Gasteiger partial charge on any atom is -0.383 e. The van der Waals surface area contributed by atoms with Crippen LogP contribution in [-0.2, 0) is 16.1 Å². The lowest BCUT2D eigenvalue weighted by molar-refractivity contribution is 0.0499. The van der Waals surface area contributed by atoms with E-state index in [1.807, 2.05) is 0 Å². The lowest BCUT2D eigenvalue weighted by Crippen LogP contribution is -2.11. The highest BCUT2D eigenvalue weighted by Crippen LogP contribution is 2.32. The summed E-state index contributed by atoms with van der Waals surface area (Å²) >= 11 is 3.36. The average Bonchev–Trinajstić information content (AvgIpc) is 2.71. The highest BCUT2D eigenvalue weighted by atomic mass is 79.9. The van der Waals surface area contributed by atoms with E-state index >= 15 is 0 Å². The van der Waals surface area contributed by atoms with E-state index in [0.717, 1.165) is 18.5 Å². The molecule has 1 saturated heterocycles. The van der Waals surface area contributed by atoms with Gasteiger partial charge in [-0.1, -0.05) is 0 Å². The second kappa shape index (κ2) is 5.29. The van der Waals surface area contributed by atoms with Gasteiger partial charge in [0.1, 0.15) is 11.9 Å². The molecule has 0 aromatic carbocycles. The molecule has 1 aliphatic heterocycles. The topological polar surface area (TPSA) is 70.3 Å². The number of aromatic nitrogens is 2. The normalized spacial score (nSPS) is 24.2. The molecular weight excluding hydrogens is 286 g/mol. The van der Waals surface area contributed by atoms with Gasteiger partial charge in [-0.3, -0.25) is 0 Å². The average molecular weight is 302 g/mol. The van der Waals surface area contributed by atoms with Gasteiger partial charge in [0.25, 0.3) is 0 Å². The van der Waals surface area contributed by atoms with E-state index in [-0.39, 0.29) is 12.2 Å². The Morgan fingerprint density at radius 2 is 2.24 bits per heavy atom. The standard InChI is InChI=1S/C11H16BrN3O2/c1-6-3-4-8(17-6)11-14-7(5-16-2)9(12)10(13)15-11/h6,8H,3-5H2,1-2H3,(H2,13,14,15). The fourth-order valence-electron chi connectivity index (χ4n) is 1.90. The molecule has 0 radical (unpaired) electrons. The summed E-state index contributed by atoms with van der Waals surface area (Å²) in [5.41, 5.74) is 6.61. The van der Waals surface area contributed by atoms with E-state index < -0.39 is 0 Å². The van der Waals surface area contributed by atoms with E-state index in [4.69, 9.17) is 15.2 Å².